The maximum atomic E-state index is 13.6. The summed E-state index contributed by atoms with van der Waals surface area (Å²) in [4.78, 5) is 30.5. The highest BCUT2D eigenvalue weighted by atomic mass is 16.5. The Kier molecular flexibility index (Phi) is 11.0. The van der Waals surface area contributed by atoms with E-state index in [9.17, 15) is 9.59 Å². The van der Waals surface area contributed by atoms with Gasteiger partial charge < -0.3 is 19.1 Å². The largest absolute Gasteiger partial charge is 0.383 e. The lowest BCUT2D eigenvalue weighted by Gasteiger charge is -2.28. The van der Waals surface area contributed by atoms with Gasteiger partial charge in [0.05, 0.1) is 13.2 Å². The Bertz CT molecular complexity index is 1110. The molecule has 3 aromatic rings. The van der Waals surface area contributed by atoms with Crippen molar-refractivity contribution < 1.29 is 14.3 Å². The van der Waals surface area contributed by atoms with Crippen molar-refractivity contribution >= 4 is 11.8 Å². The molecule has 6 heteroatoms. The molecule has 0 saturated heterocycles. The van der Waals surface area contributed by atoms with Crippen molar-refractivity contribution in [2.24, 2.45) is 5.92 Å². The molecule has 0 unspecified atom stereocenters. The summed E-state index contributed by atoms with van der Waals surface area (Å²) in [6.07, 6.45) is 3.80. The van der Waals surface area contributed by atoms with E-state index in [1.807, 2.05) is 60.8 Å². The fourth-order valence-electron chi connectivity index (χ4n) is 4.21. The number of aryl methyl sites for hydroxylation is 1. The van der Waals surface area contributed by atoms with Crippen LogP contribution in [0.3, 0.4) is 0 Å². The van der Waals surface area contributed by atoms with Crippen LogP contribution >= 0.6 is 0 Å². The second-order valence-corrected chi connectivity index (χ2v) is 9.88. The summed E-state index contributed by atoms with van der Waals surface area (Å²) in [5.41, 5.74) is 4.05. The van der Waals surface area contributed by atoms with Gasteiger partial charge in [0.1, 0.15) is 6.54 Å². The molecule has 2 amide bonds. The smallest absolute Gasteiger partial charge is 0.254 e. The molecule has 1 heterocycles. The van der Waals surface area contributed by atoms with Gasteiger partial charge in [0.2, 0.25) is 5.91 Å². The SMILES string of the molecule is CCc1ccc(C(=O)N(CCC(C)C)CC(=O)N(CCOC)Cc2cccn2Cc2ccccc2)cc1. The Morgan fingerprint density at radius 1 is 0.892 bits per heavy atom. The van der Waals surface area contributed by atoms with Gasteiger partial charge in [-0.2, -0.15) is 0 Å². The lowest BCUT2D eigenvalue weighted by molar-refractivity contribution is -0.133. The Morgan fingerprint density at radius 3 is 2.27 bits per heavy atom. The molecule has 0 atom stereocenters. The van der Waals surface area contributed by atoms with E-state index in [4.69, 9.17) is 4.74 Å². The average molecular weight is 504 g/mol. The van der Waals surface area contributed by atoms with Crippen LogP contribution in [0.15, 0.2) is 72.9 Å². The summed E-state index contributed by atoms with van der Waals surface area (Å²) in [6, 6.07) is 22.0. The lowest BCUT2D eigenvalue weighted by Crippen LogP contribution is -2.44. The first-order chi connectivity index (χ1) is 17.9. The van der Waals surface area contributed by atoms with Crippen LogP contribution in [0.2, 0.25) is 0 Å². The van der Waals surface area contributed by atoms with Crippen LogP contribution in [-0.2, 0) is 29.0 Å². The molecule has 0 spiro atoms. The minimum atomic E-state index is -0.101. The Hall–Kier alpha value is -3.38. The summed E-state index contributed by atoms with van der Waals surface area (Å²) in [5, 5.41) is 0. The van der Waals surface area contributed by atoms with Crippen molar-refractivity contribution in [1.29, 1.82) is 0 Å². The van der Waals surface area contributed by atoms with Crippen molar-refractivity contribution in [3.8, 4) is 0 Å². The third kappa shape index (κ3) is 8.60. The zero-order valence-electron chi connectivity index (χ0n) is 22.7. The summed E-state index contributed by atoms with van der Waals surface area (Å²) in [6.45, 7) is 9.03. The highest BCUT2D eigenvalue weighted by molar-refractivity contribution is 5.96. The molecule has 0 saturated carbocycles. The molecule has 37 heavy (non-hydrogen) atoms. The van der Waals surface area contributed by atoms with E-state index in [0.717, 1.165) is 25.1 Å². The van der Waals surface area contributed by atoms with E-state index >= 15 is 0 Å². The third-order valence-electron chi connectivity index (χ3n) is 6.59. The maximum absolute atomic E-state index is 13.6. The van der Waals surface area contributed by atoms with Gasteiger partial charge in [0, 0.05) is 44.2 Å². The molecule has 2 aromatic carbocycles. The zero-order chi connectivity index (χ0) is 26.6. The molecule has 0 radical (unpaired) electrons. The van der Waals surface area contributed by atoms with Crippen LogP contribution in [-0.4, -0.2) is 59.5 Å². The molecule has 1 aromatic heterocycles. The van der Waals surface area contributed by atoms with Gasteiger partial charge in [0.15, 0.2) is 0 Å². The number of rotatable bonds is 14. The summed E-state index contributed by atoms with van der Waals surface area (Å²) in [5.74, 6) is 0.251. The predicted molar refractivity (Wildman–Crippen MR) is 148 cm³/mol. The molecule has 198 valence electrons. The fraction of sp³-hybridized carbons (Fsp3) is 0.419. The van der Waals surface area contributed by atoms with E-state index in [-0.39, 0.29) is 18.4 Å². The third-order valence-corrected chi connectivity index (χ3v) is 6.59. The number of carbonyl (C=O) groups is 2. The Balaban J connectivity index is 1.76. The van der Waals surface area contributed by atoms with E-state index in [0.29, 0.717) is 37.7 Å². The number of amides is 2. The zero-order valence-corrected chi connectivity index (χ0v) is 22.7. The second-order valence-electron chi connectivity index (χ2n) is 9.88. The molecule has 0 aliphatic heterocycles. The van der Waals surface area contributed by atoms with Gasteiger partial charge in [-0.15, -0.1) is 0 Å². The maximum Gasteiger partial charge on any atom is 0.254 e. The van der Waals surface area contributed by atoms with Crippen molar-refractivity contribution in [3.63, 3.8) is 0 Å². The summed E-state index contributed by atoms with van der Waals surface area (Å²) < 4.78 is 7.47. The number of methoxy groups -OCH3 is 1. The highest BCUT2D eigenvalue weighted by Crippen LogP contribution is 2.14. The predicted octanol–water partition coefficient (Wildman–Crippen LogP) is 5.26. The molecule has 0 fully saturated rings. The molecule has 0 aliphatic carbocycles. The molecule has 0 bridgehead atoms. The average Bonchev–Trinajstić information content (AvgIpc) is 3.35. The molecule has 0 aliphatic rings. The number of aromatic nitrogens is 1. The van der Waals surface area contributed by atoms with Gasteiger partial charge in [-0.25, -0.2) is 0 Å². The number of nitrogens with zero attached hydrogens (tertiary/aromatic N) is 3. The van der Waals surface area contributed by atoms with Crippen molar-refractivity contribution in [2.45, 2.75) is 46.7 Å². The van der Waals surface area contributed by atoms with Crippen molar-refractivity contribution in [3.05, 3.63) is 95.3 Å². The first-order valence-electron chi connectivity index (χ1n) is 13.2. The lowest BCUT2D eigenvalue weighted by atomic mass is 10.1. The number of benzene rings is 2. The Labute approximate surface area is 221 Å². The van der Waals surface area contributed by atoms with Gasteiger partial charge in [-0.3, -0.25) is 9.59 Å². The van der Waals surface area contributed by atoms with Crippen molar-refractivity contribution in [1.82, 2.24) is 14.4 Å². The Morgan fingerprint density at radius 2 is 1.62 bits per heavy atom. The quantitative estimate of drug-likeness (QED) is 0.301. The van der Waals surface area contributed by atoms with Gasteiger partial charge >= 0.3 is 0 Å². The molecule has 3 rings (SSSR count). The number of hydrogen-bond donors (Lipinski definition) is 0. The molecular formula is C31H41N3O3. The van der Waals surface area contributed by atoms with E-state index in [2.05, 4.69) is 37.5 Å². The number of ether oxygens (including phenoxy) is 1. The van der Waals surface area contributed by atoms with E-state index < -0.39 is 0 Å². The highest BCUT2D eigenvalue weighted by Gasteiger charge is 2.23. The van der Waals surface area contributed by atoms with Crippen LogP contribution in [0.1, 0.15) is 54.4 Å². The minimum absolute atomic E-state index is 0.0458. The normalized spacial score (nSPS) is 11.1. The van der Waals surface area contributed by atoms with E-state index in [1.54, 1.807) is 16.9 Å². The second kappa shape index (κ2) is 14.4. The van der Waals surface area contributed by atoms with Gasteiger partial charge in [0.25, 0.3) is 5.91 Å². The van der Waals surface area contributed by atoms with Crippen LogP contribution in [0, 0.1) is 5.92 Å². The van der Waals surface area contributed by atoms with Gasteiger partial charge in [-0.1, -0.05) is 63.2 Å². The minimum Gasteiger partial charge on any atom is -0.383 e. The fourth-order valence-corrected chi connectivity index (χ4v) is 4.21. The monoisotopic (exact) mass is 503 g/mol. The summed E-state index contributed by atoms with van der Waals surface area (Å²) in [7, 11) is 1.64. The first kappa shape index (κ1) is 28.2. The number of carbonyl (C=O) groups excluding carboxylic acids is 2. The summed E-state index contributed by atoms with van der Waals surface area (Å²) >= 11 is 0. The van der Waals surface area contributed by atoms with E-state index in [1.165, 1.54) is 11.1 Å². The molecule has 0 N–H and O–H groups in total. The van der Waals surface area contributed by atoms with Crippen molar-refractivity contribution in [2.75, 3.05) is 33.4 Å². The van der Waals surface area contributed by atoms with Crippen LogP contribution in [0.4, 0.5) is 0 Å². The van der Waals surface area contributed by atoms with Crippen LogP contribution in [0.25, 0.3) is 0 Å². The molecule has 6 nitrogen and oxygen atoms in total. The number of hydrogen-bond acceptors (Lipinski definition) is 3. The van der Waals surface area contributed by atoms with Crippen LogP contribution in [0.5, 0.6) is 0 Å². The van der Waals surface area contributed by atoms with Crippen LogP contribution < -0.4 is 0 Å². The standard InChI is InChI=1S/C31H41N3O3/c1-5-26-13-15-28(16-14-26)31(36)34(19-17-25(2)3)24-30(35)33(20-21-37-4)23-29-12-9-18-32(29)22-27-10-7-6-8-11-27/h6-16,18,25H,5,17,19-24H2,1-4H3. The molecular weight excluding hydrogens is 462 g/mol. The first-order valence-corrected chi connectivity index (χ1v) is 13.2. The van der Waals surface area contributed by atoms with Gasteiger partial charge in [-0.05, 0) is 54.2 Å². The topological polar surface area (TPSA) is 54.8 Å².